The molecular weight excluding hydrogens is 258 g/mol. The molecule has 0 aliphatic carbocycles. The van der Waals surface area contributed by atoms with Crippen LogP contribution in [-0.4, -0.2) is 61.1 Å². The number of methoxy groups -OCH3 is 1. The number of aromatic nitrogens is 1. The number of ether oxygens (including phenoxy) is 1. The summed E-state index contributed by atoms with van der Waals surface area (Å²) in [5, 5.41) is 0. The molecule has 2 rings (SSSR count). The van der Waals surface area contributed by atoms with Crippen molar-refractivity contribution in [2.45, 2.75) is 26.0 Å². The fourth-order valence-electron chi connectivity index (χ4n) is 2.64. The molecule has 0 unspecified atom stereocenters. The Morgan fingerprint density at radius 1 is 1.55 bits per heavy atom. The Morgan fingerprint density at radius 2 is 2.30 bits per heavy atom. The van der Waals surface area contributed by atoms with Gasteiger partial charge in [0.2, 0.25) is 5.91 Å². The molecule has 6 nitrogen and oxygen atoms in total. The second-order valence-corrected chi connectivity index (χ2v) is 5.58. The number of hydrogen-bond donors (Lipinski definition) is 0. The average Bonchev–Trinajstić information content (AvgIpc) is 2.96. The third kappa shape index (κ3) is 3.58. The lowest BCUT2D eigenvalue weighted by Crippen LogP contribution is -2.29. The summed E-state index contributed by atoms with van der Waals surface area (Å²) < 4.78 is 10.7. The van der Waals surface area contributed by atoms with E-state index in [-0.39, 0.29) is 17.9 Å². The van der Waals surface area contributed by atoms with Crippen LogP contribution in [-0.2, 0) is 16.1 Å². The number of aryl methyl sites for hydroxylation is 1. The van der Waals surface area contributed by atoms with Gasteiger partial charge in [-0.1, -0.05) is 0 Å². The summed E-state index contributed by atoms with van der Waals surface area (Å²) in [6.45, 7) is 4.26. The van der Waals surface area contributed by atoms with Crippen LogP contribution in [0, 0.1) is 12.8 Å². The number of likely N-dealkylation sites (tertiary alicyclic amines) is 1. The first kappa shape index (κ1) is 15.0. The van der Waals surface area contributed by atoms with Crippen LogP contribution >= 0.6 is 0 Å². The lowest BCUT2D eigenvalue weighted by atomic mass is 10.0. The van der Waals surface area contributed by atoms with Crippen molar-refractivity contribution in [2.75, 3.05) is 34.3 Å². The number of amides is 1. The Morgan fingerprint density at radius 3 is 2.85 bits per heavy atom. The minimum absolute atomic E-state index is 0.104. The van der Waals surface area contributed by atoms with E-state index in [4.69, 9.17) is 9.15 Å². The Labute approximate surface area is 119 Å². The van der Waals surface area contributed by atoms with Gasteiger partial charge in [-0.2, -0.15) is 0 Å². The van der Waals surface area contributed by atoms with Crippen LogP contribution in [0.1, 0.15) is 18.0 Å². The molecule has 0 N–H and O–H groups in total. The highest BCUT2D eigenvalue weighted by molar-refractivity contribution is 5.75. The molecule has 0 saturated carbocycles. The van der Waals surface area contributed by atoms with Crippen molar-refractivity contribution < 1.29 is 13.9 Å². The van der Waals surface area contributed by atoms with Crippen molar-refractivity contribution in [1.82, 2.24) is 14.8 Å². The quantitative estimate of drug-likeness (QED) is 0.803. The van der Waals surface area contributed by atoms with Crippen LogP contribution in [0.15, 0.2) is 10.7 Å². The molecule has 0 bridgehead atoms. The van der Waals surface area contributed by atoms with Crippen LogP contribution in [0.3, 0.4) is 0 Å². The fourth-order valence-corrected chi connectivity index (χ4v) is 2.64. The van der Waals surface area contributed by atoms with Crippen LogP contribution in [0.2, 0.25) is 0 Å². The SMILES string of the molecule is CO[C@H]1CN(Cc2coc(C)n2)C[C@@H]1CC(=O)N(C)C. The predicted octanol–water partition coefficient (Wildman–Crippen LogP) is 0.908. The van der Waals surface area contributed by atoms with Crippen molar-refractivity contribution in [2.24, 2.45) is 5.92 Å². The third-order valence-corrected chi connectivity index (χ3v) is 3.75. The summed E-state index contributed by atoms with van der Waals surface area (Å²) in [6.07, 6.45) is 2.32. The van der Waals surface area contributed by atoms with Gasteiger partial charge in [-0.25, -0.2) is 4.98 Å². The van der Waals surface area contributed by atoms with Gasteiger partial charge >= 0.3 is 0 Å². The normalized spacial score (nSPS) is 23.2. The number of rotatable bonds is 5. The van der Waals surface area contributed by atoms with E-state index in [1.807, 2.05) is 6.92 Å². The predicted molar refractivity (Wildman–Crippen MR) is 74.1 cm³/mol. The van der Waals surface area contributed by atoms with Crippen molar-refractivity contribution >= 4 is 5.91 Å². The molecule has 1 aromatic heterocycles. The monoisotopic (exact) mass is 281 g/mol. The van der Waals surface area contributed by atoms with Crippen LogP contribution < -0.4 is 0 Å². The second-order valence-electron chi connectivity index (χ2n) is 5.58. The Hall–Kier alpha value is -1.40. The van der Waals surface area contributed by atoms with Crippen molar-refractivity contribution in [1.29, 1.82) is 0 Å². The molecule has 0 radical (unpaired) electrons. The van der Waals surface area contributed by atoms with Crippen LogP contribution in [0.25, 0.3) is 0 Å². The van der Waals surface area contributed by atoms with Crippen molar-refractivity contribution in [3.8, 4) is 0 Å². The molecule has 1 aromatic rings. The summed E-state index contributed by atoms with van der Waals surface area (Å²) in [6, 6.07) is 0. The van der Waals surface area contributed by atoms with E-state index in [1.54, 1.807) is 32.4 Å². The van der Waals surface area contributed by atoms with Crippen LogP contribution in [0.5, 0.6) is 0 Å². The number of oxazole rings is 1. The number of carbonyl (C=O) groups is 1. The first-order valence-electron chi connectivity index (χ1n) is 6.86. The van der Waals surface area contributed by atoms with E-state index >= 15 is 0 Å². The third-order valence-electron chi connectivity index (χ3n) is 3.75. The molecule has 112 valence electrons. The maximum atomic E-state index is 11.9. The Balaban J connectivity index is 1.93. The first-order valence-corrected chi connectivity index (χ1v) is 6.86. The molecule has 20 heavy (non-hydrogen) atoms. The zero-order chi connectivity index (χ0) is 14.7. The van der Waals surface area contributed by atoms with Gasteiger partial charge in [0.05, 0.1) is 11.8 Å². The maximum Gasteiger partial charge on any atom is 0.222 e. The van der Waals surface area contributed by atoms with E-state index in [0.717, 1.165) is 25.3 Å². The van der Waals surface area contributed by atoms with E-state index < -0.39 is 0 Å². The lowest BCUT2D eigenvalue weighted by molar-refractivity contribution is -0.130. The maximum absolute atomic E-state index is 11.9. The smallest absolute Gasteiger partial charge is 0.222 e. The molecule has 2 atom stereocenters. The zero-order valence-electron chi connectivity index (χ0n) is 12.6. The molecule has 0 spiro atoms. The van der Waals surface area contributed by atoms with Gasteiger partial charge in [0, 0.05) is 60.1 Å². The molecule has 1 aliphatic heterocycles. The zero-order valence-corrected chi connectivity index (χ0v) is 12.6. The van der Waals surface area contributed by atoms with Crippen molar-refractivity contribution in [3.63, 3.8) is 0 Å². The highest BCUT2D eigenvalue weighted by Crippen LogP contribution is 2.24. The number of carbonyl (C=O) groups excluding carboxylic acids is 1. The largest absolute Gasteiger partial charge is 0.449 e. The van der Waals surface area contributed by atoms with Crippen LogP contribution in [0.4, 0.5) is 0 Å². The van der Waals surface area contributed by atoms with Gasteiger partial charge in [-0.3, -0.25) is 9.69 Å². The molecular formula is C14H23N3O3. The lowest BCUT2D eigenvalue weighted by Gasteiger charge is -2.18. The Bertz CT molecular complexity index is 458. The standard InChI is InChI=1S/C14H23N3O3/c1-10-15-12(9-20-10)7-17-6-11(13(8-17)19-4)5-14(18)16(2)3/h9,11,13H,5-8H2,1-4H3/t11-,13-/m0/s1. The van der Waals surface area contributed by atoms with Gasteiger partial charge in [0.25, 0.3) is 0 Å². The molecule has 1 saturated heterocycles. The van der Waals surface area contributed by atoms with Crippen molar-refractivity contribution in [3.05, 3.63) is 17.8 Å². The summed E-state index contributed by atoms with van der Waals surface area (Å²) >= 11 is 0. The van der Waals surface area contributed by atoms with Gasteiger partial charge in [-0.15, -0.1) is 0 Å². The summed E-state index contributed by atoms with van der Waals surface area (Å²) in [5.41, 5.74) is 0.928. The van der Waals surface area contributed by atoms with E-state index in [0.29, 0.717) is 12.3 Å². The topological polar surface area (TPSA) is 58.8 Å². The summed E-state index contributed by atoms with van der Waals surface area (Å²) in [5.74, 6) is 1.07. The average molecular weight is 281 g/mol. The molecule has 6 heteroatoms. The number of hydrogen-bond acceptors (Lipinski definition) is 5. The fraction of sp³-hybridized carbons (Fsp3) is 0.714. The van der Waals surface area contributed by atoms with E-state index in [2.05, 4.69) is 9.88 Å². The van der Waals surface area contributed by atoms with E-state index in [9.17, 15) is 4.79 Å². The first-order chi connectivity index (χ1) is 9.49. The van der Waals surface area contributed by atoms with Gasteiger partial charge in [0.15, 0.2) is 5.89 Å². The molecule has 1 aliphatic rings. The molecule has 2 heterocycles. The second kappa shape index (κ2) is 6.37. The van der Waals surface area contributed by atoms with Gasteiger partial charge < -0.3 is 14.1 Å². The summed E-state index contributed by atoms with van der Waals surface area (Å²) in [4.78, 5) is 20.1. The van der Waals surface area contributed by atoms with Gasteiger partial charge in [0.1, 0.15) is 6.26 Å². The highest BCUT2D eigenvalue weighted by Gasteiger charge is 2.34. The highest BCUT2D eigenvalue weighted by atomic mass is 16.5. The minimum atomic E-state index is 0.104. The molecule has 1 amide bonds. The Kier molecular flexibility index (Phi) is 4.77. The number of nitrogens with zero attached hydrogens (tertiary/aromatic N) is 3. The molecule has 1 fully saturated rings. The van der Waals surface area contributed by atoms with E-state index in [1.165, 1.54) is 0 Å². The molecule has 0 aromatic carbocycles. The minimum Gasteiger partial charge on any atom is -0.449 e. The van der Waals surface area contributed by atoms with Gasteiger partial charge in [-0.05, 0) is 0 Å². The summed E-state index contributed by atoms with van der Waals surface area (Å²) in [7, 11) is 5.28.